The fourth-order valence-corrected chi connectivity index (χ4v) is 5.09. The lowest BCUT2D eigenvalue weighted by Crippen LogP contribution is -2.32. The Balaban J connectivity index is 1.93. The molecule has 1 aromatic carbocycles. The van der Waals surface area contributed by atoms with E-state index in [0.717, 1.165) is 19.2 Å². The topological polar surface area (TPSA) is 49.4 Å². The fourth-order valence-electron chi connectivity index (χ4n) is 3.04. The van der Waals surface area contributed by atoms with E-state index in [2.05, 4.69) is 21.2 Å². The normalized spacial score (nSPS) is 26.4. The Morgan fingerprint density at radius 3 is 2.32 bits per heavy atom. The highest BCUT2D eigenvalue weighted by atomic mass is 79.9. The van der Waals surface area contributed by atoms with Crippen LogP contribution in [0.5, 0.6) is 0 Å². The largest absolute Gasteiger partial charge is 0.417 e. The highest BCUT2D eigenvalue weighted by molar-refractivity contribution is 9.10. The zero-order valence-electron chi connectivity index (χ0n) is 11.4. The molecule has 0 radical (unpaired) electrons. The van der Waals surface area contributed by atoms with Gasteiger partial charge in [-0.15, -0.1) is 0 Å². The molecule has 2 atom stereocenters. The molecule has 0 amide bonds. The quantitative estimate of drug-likeness (QED) is 0.831. The summed E-state index contributed by atoms with van der Waals surface area (Å²) in [6.07, 6.45) is -4.60. The summed E-state index contributed by atoms with van der Waals surface area (Å²) < 4.78 is 65.1. The smallest absolute Gasteiger partial charge is 0.316 e. The van der Waals surface area contributed by atoms with Gasteiger partial charge in [-0.1, -0.05) is 15.9 Å². The van der Waals surface area contributed by atoms with E-state index in [4.69, 9.17) is 0 Å². The number of sulfonamides is 1. The van der Waals surface area contributed by atoms with Crippen LogP contribution in [0.25, 0.3) is 0 Å². The number of rotatable bonds is 2. The standard InChI is InChI=1S/C13H14BrF3N2O2S/c14-12-2-1-10(3-11(12)13(15,16)17)22(20,21)19-6-8-4-18-5-9(8)7-19/h1-3,8-9,18H,4-7H2/t8-,9+. The van der Waals surface area contributed by atoms with Crippen molar-refractivity contribution >= 4 is 26.0 Å². The monoisotopic (exact) mass is 398 g/mol. The van der Waals surface area contributed by atoms with E-state index in [1.54, 1.807) is 0 Å². The van der Waals surface area contributed by atoms with Gasteiger partial charge in [-0.25, -0.2) is 8.42 Å². The number of nitrogens with one attached hydrogen (secondary N) is 1. The van der Waals surface area contributed by atoms with Gasteiger partial charge in [-0.2, -0.15) is 17.5 Å². The minimum absolute atomic E-state index is 0.165. The molecule has 2 saturated heterocycles. The van der Waals surface area contributed by atoms with Crippen LogP contribution in [0.2, 0.25) is 0 Å². The first-order valence-corrected chi connectivity index (χ1v) is 9.00. The number of hydrogen-bond acceptors (Lipinski definition) is 3. The minimum atomic E-state index is -4.60. The van der Waals surface area contributed by atoms with Crippen molar-refractivity contribution < 1.29 is 21.6 Å². The lowest BCUT2D eigenvalue weighted by molar-refractivity contribution is -0.138. The zero-order chi connectivity index (χ0) is 16.1. The van der Waals surface area contributed by atoms with Crippen LogP contribution in [0.15, 0.2) is 27.6 Å². The lowest BCUT2D eigenvalue weighted by Gasteiger charge is -2.19. The van der Waals surface area contributed by atoms with E-state index in [0.29, 0.717) is 19.2 Å². The Hall–Kier alpha value is -0.640. The molecule has 0 aromatic heterocycles. The summed E-state index contributed by atoms with van der Waals surface area (Å²) in [4.78, 5) is -0.309. The van der Waals surface area contributed by atoms with Crippen LogP contribution in [0, 0.1) is 11.8 Å². The average Bonchev–Trinajstić information content (AvgIpc) is 2.98. The molecule has 2 fully saturated rings. The molecule has 122 valence electrons. The molecule has 2 heterocycles. The van der Waals surface area contributed by atoms with E-state index in [9.17, 15) is 21.6 Å². The summed E-state index contributed by atoms with van der Waals surface area (Å²) in [6.45, 7) is 2.23. The first-order chi connectivity index (χ1) is 10.2. The van der Waals surface area contributed by atoms with Gasteiger partial charge in [-0.3, -0.25) is 0 Å². The number of alkyl halides is 3. The van der Waals surface area contributed by atoms with Gasteiger partial charge >= 0.3 is 6.18 Å². The molecular weight excluding hydrogens is 385 g/mol. The maximum absolute atomic E-state index is 12.9. The summed E-state index contributed by atoms with van der Waals surface area (Å²) in [6, 6.07) is 3.04. The predicted octanol–water partition coefficient (Wildman–Crippen LogP) is 2.31. The molecule has 0 unspecified atom stereocenters. The highest BCUT2D eigenvalue weighted by Gasteiger charge is 2.42. The van der Waals surface area contributed by atoms with E-state index in [1.165, 1.54) is 10.4 Å². The number of fused-ring (bicyclic) bond motifs is 1. The number of hydrogen-bond donors (Lipinski definition) is 1. The molecule has 3 rings (SSSR count). The van der Waals surface area contributed by atoms with Gasteiger partial charge in [0.1, 0.15) is 0 Å². The third-order valence-corrected chi connectivity index (χ3v) is 6.76. The van der Waals surface area contributed by atoms with E-state index >= 15 is 0 Å². The van der Waals surface area contributed by atoms with Gasteiger partial charge in [0.2, 0.25) is 10.0 Å². The molecule has 4 nitrogen and oxygen atoms in total. The van der Waals surface area contributed by atoms with Gasteiger partial charge in [0.05, 0.1) is 10.5 Å². The van der Waals surface area contributed by atoms with E-state index in [1.807, 2.05) is 0 Å². The second kappa shape index (κ2) is 5.47. The summed E-state index contributed by atoms with van der Waals surface area (Å²) in [5.41, 5.74) is -0.977. The van der Waals surface area contributed by atoms with Crippen LogP contribution in [0.3, 0.4) is 0 Å². The number of halogens is 4. The minimum Gasteiger partial charge on any atom is -0.316 e. The molecule has 2 aliphatic heterocycles. The van der Waals surface area contributed by atoms with Gasteiger partial charge in [0.25, 0.3) is 0 Å². The third kappa shape index (κ3) is 2.79. The summed E-state index contributed by atoms with van der Waals surface area (Å²) in [7, 11) is -3.90. The molecule has 0 aliphatic carbocycles. The summed E-state index contributed by atoms with van der Waals surface area (Å²) >= 11 is 2.82. The Kier molecular flexibility index (Phi) is 4.03. The third-order valence-electron chi connectivity index (χ3n) is 4.24. The van der Waals surface area contributed by atoms with Crippen molar-refractivity contribution in [1.82, 2.24) is 9.62 Å². The average molecular weight is 399 g/mol. The zero-order valence-corrected chi connectivity index (χ0v) is 13.8. The van der Waals surface area contributed by atoms with Crippen LogP contribution < -0.4 is 5.32 Å². The first kappa shape index (κ1) is 16.2. The Bertz CT molecular complexity index is 681. The van der Waals surface area contributed by atoms with Crippen LogP contribution in [-0.4, -0.2) is 38.9 Å². The molecule has 1 aromatic rings. The summed E-state index contributed by atoms with van der Waals surface area (Å²) in [5, 5.41) is 3.20. The Labute approximate surface area is 134 Å². The molecule has 1 N–H and O–H groups in total. The van der Waals surface area contributed by atoms with Crippen molar-refractivity contribution in [2.24, 2.45) is 11.8 Å². The van der Waals surface area contributed by atoms with Crippen molar-refractivity contribution in [2.45, 2.75) is 11.1 Å². The molecule has 0 spiro atoms. The molecule has 0 bridgehead atoms. The molecular formula is C13H14BrF3N2O2S. The van der Waals surface area contributed by atoms with Crippen molar-refractivity contribution in [3.8, 4) is 0 Å². The van der Waals surface area contributed by atoms with Crippen molar-refractivity contribution in [3.63, 3.8) is 0 Å². The van der Waals surface area contributed by atoms with Crippen LogP contribution >= 0.6 is 15.9 Å². The van der Waals surface area contributed by atoms with Gasteiger partial charge < -0.3 is 5.32 Å². The van der Waals surface area contributed by atoms with E-state index < -0.39 is 21.8 Å². The van der Waals surface area contributed by atoms with Crippen molar-refractivity contribution in [2.75, 3.05) is 26.2 Å². The highest BCUT2D eigenvalue weighted by Crippen LogP contribution is 2.37. The second-order valence-electron chi connectivity index (χ2n) is 5.64. The van der Waals surface area contributed by atoms with Crippen molar-refractivity contribution in [1.29, 1.82) is 0 Å². The molecule has 9 heteroatoms. The van der Waals surface area contributed by atoms with Crippen LogP contribution in [0.4, 0.5) is 13.2 Å². The van der Waals surface area contributed by atoms with Crippen LogP contribution in [-0.2, 0) is 16.2 Å². The van der Waals surface area contributed by atoms with Gasteiger partial charge in [0.15, 0.2) is 0 Å². The van der Waals surface area contributed by atoms with Crippen LogP contribution in [0.1, 0.15) is 5.56 Å². The van der Waals surface area contributed by atoms with Gasteiger partial charge in [-0.05, 0) is 43.1 Å². The molecule has 0 saturated carbocycles. The second-order valence-corrected chi connectivity index (χ2v) is 8.43. The first-order valence-electron chi connectivity index (χ1n) is 6.77. The predicted molar refractivity (Wildman–Crippen MR) is 77.8 cm³/mol. The maximum atomic E-state index is 12.9. The maximum Gasteiger partial charge on any atom is 0.417 e. The van der Waals surface area contributed by atoms with Gasteiger partial charge in [0, 0.05) is 17.6 Å². The number of benzene rings is 1. The lowest BCUT2D eigenvalue weighted by atomic mass is 10.0. The van der Waals surface area contributed by atoms with E-state index in [-0.39, 0.29) is 21.2 Å². The number of nitrogens with zero attached hydrogens (tertiary/aromatic N) is 1. The fraction of sp³-hybridized carbons (Fsp3) is 0.538. The van der Waals surface area contributed by atoms with Crippen molar-refractivity contribution in [3.05, 3.63) is 28.2 Å². The Morgan fingerprint density at radius 1 is 1.18 bits per heavy atom. The Morgan fingerprint density at radius 2 is 1.77 bits per heavy atom. The SMILES string of the molecule is O=S(=O)(c1ccc(Br)c(C(F)(F)F)c1)N1C[C@H]2CNC[C@H]2C1. The molecule has 2 aliphatic rings. The molecule has 22 heavy (non-hydrogen) atoms. The summed E-state index contributed by atoms with van der Waals surface area (Å²) in [5.74, 6) is 0.486.